The highest BCUT2D eigenvalue weighted by molar-refractivity contribution is 8.00. The van der Waals surface area contributed by atoms with Crippen molar-refractivity contribution < 1.29 is 22.7 Å². The number of amides is 2. The molecule has 3 rings (SSSR count). The molecule has 2 amide bonds. The van der Waals surface area contributed by atoms with Gasteiger partial charge in [-0.05, 0) is 36.0 Å². The van der Waals surface area contributed by atoms with Gasteiger partial charge < -0.3 is 25.2 Å². The summed E-state index contributed by atoms with van der Waals surface area (Å²) >= 11 is -0.213. The maximum Gasteiger partial charge on any atom is 0.446 e. The summed E-state index contributed by atoms with van der Waals surface area (Å²) in [5.41, 5.74) is -3.60. The molecule has 30 heavy (non-hydrogen) atoms. The Balaban J connectivity index is 1.66. The number of alkyl halides is 3. The average molecular weight is 442 g/mol. The van der Waals surface area contributed by atoms with Gasteiger partial charge in [0.2, 0.25) is 5.95 Å². The van der Waals surface area contributed by atoms with E-state index in [9.17, 15) is 18.0 Å². The molecule has 0 bridgehead atoms. The van der Waals surface area contributed by atoms with Crippen LogP contribution in [0.2, 0.25) is 0 Å². The summed E-state index contributed by atoms with van der Waals surface area (Å²) in [7, 11) is 3.59. The molecular weight excluding hydrogens is 421 g/mol. The number of urea groups is 1. The molecule has 1 aliphatic rings. The van der Waals surface area contributed by atoms with Gasteiger partial charge in [-0.25, -0.2) is 9.78 Å². The molecule has 0 aliphatic carbocycles. The van der Waals surface area contributed by atoms with E-state index in [1.54, 1.807) is 19.0 Å². The molecule has 2 heterocycles. The quantitative estimate of drug-likeness (QED) is 0.684. The van der Waals surface area contributed by atoms with Gasteiger partial charge in [0.1, 0.15) is 5.69 Å². The van der Waals surface area contributed by atoms with Crippen LogP contribution in [0.5, 0.6) is 0 Å². The number of nitrogens with zero attached hydrogens (tertiary/aromatic N) is 4. The van der Waals surface area contributed by atoms with Crippen LogP contribution >= 0.6 is 11.8 Å². The number of carbonyl (C=O) groups is 1. The largest absolute Gasteiger partial charge is 0.446 e. The van der Waals surface area contributed by atoms with Crippen LogP contribution in [0, 0.1) is 0 Å². The van der Waals surface area contributed by atoms with Gasteiger partial charge in [-0.15, -0.1) is 0 Å². The third kappa shape index (κ3) is 6.13. The normalized spacial score (nSPS) is 14.4. The smallest absolute Gasteiger partial charge is 0.378 e. The van der Waals surface area contributed by atoms with Crippen LogP contribution in [0.15, 0.2) is 35.4 Å². The molecule has 0 saturated carbocycles. The lowest BCUT2D eigenvalue weighted by atomic mass is 10.3. The molecule has 1 fully saturated rings. The van der Waals surface area contributed by atoms with Crippen molar-refractivity contribution in [2.24, 2.45) is 0 Å². The van der Waals surface area contributed by atoms with Crippen molar-refractivity contribution in [3.05, 3.63) is 30.5 Å². The molecule has 0 radical (unpaired) electrons. The van der Waals surface area contributed by atoms with Crippen LogP contribution in [0.1, 0.15) is 0 Å². The Morgan fingerprint density at radius 1 is 1.17 bits per heavy atom. The van der Waals surface area contributed by atoms with Gasteiger partial charge in [0, 0.05) is 37.8 Å². The summed E-state index contributed by atoms with van der Waals surface area (Å²) in [6.07, 6.45) is 1.52. The van der Waals surface area contributed by atoms with Crippen molar-refractivity contribution in [1.29, 1.82) is 0 Å². The fourth-order valence-corrected chi connectivity index (χ4v) is 3.27. The van der Waals surface area contributed by atoms with Crippen LogP contribution < -0.4 is 20.4 Å². The average Bonchev–Trinajstić information content (AvgIpc) is 2.69. The highest BCUT2D eigenvalue weighted by Crippen LogP contribution is 2.37. The third-order valence-electron chi connectivity index (χ3n) is 4.07. The van der Waals surface area contributed by atoms with Crippen molar-refractivity contribution in [2.75, 3.05) is 60.8 Å². The number of hydrogen-bond donors (Lipinski definition) is 2. The molecular formula is C18H21F3N6O2S. The van der Waals surface area contributed by atoms with E-state index in [2.05, 4.69) is 20.6 Å². The molecule has 0 atom stereocenters. The van der Waals surface area contributed by atoms with Gasteiger partial charge in [0.05, 0.1) is 19.4 Å². The standard InChI is InChI=1S/C18H21F3N6O2S/c1-26(2)15-14(11-22-16(25-15)27-7-9-29-10-8-27)24-17(28)23-12-3-5-13(6-4-12)30-18(19,20)21/h3-6,11H,7-10H2,1-2H3,(H2,23,24,28). The first-order valence-corrected chi connectivity index (χ1v) is 9.84. The second-order valence-corrected chi connectivity index (χ2v) is 7.69. The van der Waals surface area contributed by atoms with E-state index < -0.39 is 11.5 Å². The van der Waals surface area contributed by atoms with Crippen molar-refractivity contribution >= 4 is 40.9 Å². The first kappa shape index (κ1) is 22.0. The van der Waals surface area contributed by atoms with Crippen LogP contribution in [-0.4, -0.2) is 61.9 Å². The zero-order valence-corrected chi connectivity index (χ0v) is 17.2. The Hall–Kier alpha value is -2.73. The summed E-state index contributed by atoms with van der Waals surface area (Å²) < 4.78 is 42.5. The van der Waals surface area contributed by atoms with Crippen molar-refractivity contribution in [2.45, 2.75) is 10.4 Å². The first-order chi connectivity index (χ1) is 14.2. The van der Waals surface area contributed by atoms with E-state index >= 15 is 0 Å². The summed E-state index contributed by atoms with van der Waals surface area (Å²) in [4.78, 5) is 25.0. The molecule has 0 spiro atoms. The number of halogens is 3. The number of nitrogens with one attached hydrogen (secondary N) is 2. The number of morpholine rings is 1. The molecule has 0 unspecified atom stereocenters. The second kappa shape index (κ2) is 9.39. The van der Waals surface area contributed by atoms with E-state index in [1.165, 1.54) is 30.5 Å². The monoisotopic (exact) mass is 442 g/mol. The summed E-state index contributed by atoms with van der Waals surface area (Å²) in [6, 6.07) is 4.83. The molecule has 2 aromatic rings. The second-order valence-electron chi connectivity index (χ2n) is 6.55. The minimum atomic E-state index is -4.36. The summed E-state index contributed by atoms with van der Waals surface area (Å²) in [5, 5.41) is 5.26. The van der Waals surface area contributed by atoms with Gasteiger partial charge in [-0.3, -0.25) is 0 Å². The number of anilines is 4. The van der Waals surface area contributed by atoms with E-state index in [0.717, 1.165) is 0 Å². The van der Waals surface area contributed by atoms with E-state index in [4.69, 9.17) is 4.74 Å². The van der Waals surface area contributed by atoms with Crippen molar-refractivity contribution in [1.82, 2.24) is 9.97 Å². The molecule has 162 valence electrons. The Labute approximate surface area is 175 Å². The Bertz CT molecular complexity index is 873. The van der Waals surface area contributed by atoms with Crippen LogP contribution in [0.3, 0.4) is 0 Å². The first-order valence-electron chi connectivity index (χ1n) is 9.02. The number of benzene rings is 1. The lowest BCUT2D eigenvalue weighted by Crippen LogP contribution is -2.37. The predicted octanol–water partition coefficient (Wildman–Crippen LogP) is 3.64. The fourth-order valence-electron chi connectivity index (χ4n) is 2.73. The molecule has 8 nitrogen and oxygen atoms in total. The maximum atomic E-state index is 12.4. The molecule has 1 aromatic carbocycles. The number of aromatic nitrogens is 2. The Kier molecular flexibility index (Phi) is 6.87. The Morgan fingerprint density at radius 2 is 1.83 bits per heavy atom. The fraction of sp³-hybridized carbons (Fsp3) is 0.389. The summed E-state index contributed by atoms with van der Waals surface area (Å²) in [6.45, 7) is 2.57. The van der Waals surface area contributed by atoms with Crippen LogP contribution in [0.25, 0.3) is 0 Å². The molecule has 1 saturated heterocycles. The van der Waals surface area contributed by atoms with Crippen molar-refractivity contribution in [3.8, 4) is 0 Å². The number of rotatable bonds is 5. The SMILES string of the molecule is CN(C)c1nc(N2CCOCC2)ncc1NC(=O)Nc1ccc(SC(F)(F)F)cc1. The zero-order valence-electron chi connectivity index (χ0n) is 16.4. The highest BCUT2D eigenvalue weighted by atomic mass is 32.2. The highest BCUT2D eigenvalue weighted by Gasteiger charge is 2.29. The third-order valence-corrected chi connectivity index (χ3v) is 4.81. The topological polar surface area (TPSA) is 82.6 Å². The van der Waals surface area contributed by atoms with Crippen molar-refractivity contribution in [3.63, 3.8) is 0 Å². The zero-order chi connectivity index (χ0) is 21.7. The minimum absolute atomic E-state index is 0.0375. The van der Waals surface area contributed by atoms with Crippen LogP contribution in [-0.2, 0) is 4.74 Å². The number of ether oxygens (including phenoxy) is 1. The number of hydrogen-bond acceptors (Lipinski definition) is 7. The Morgan fingerprint density at radius 3 is 2.43 bits per heavy atom. The van der Waals surface area contributed by atoms with Gasteiger partial charge in [-0.1, -0.05) is 0 Å². The van der Waals surface area contributed by atoms with Gasteiger partial charge in [0.25, 0.3) is 0 Å². The minimum Gasteiger partial charge on any atom is -0.378 e. The molecule has 1 aromatic heterocycles. The molecule has 1 aliphatic heterocycles. The lowest BCUT2D eigenvalue weighted by Gasteiger charge is -2.28. The lowest BCUT2D eigenvalue weighted by molar-refractivity contribution is -0.0328. The van der Waals surface area contributed by atoms with E-state index in [1.807, 2.05) is 4.90 Å². The van der Waals surface area contributed by atoms with Crippen LogP contribution in [0.4, 0.5) is 41.1 Å². The van der Waals surface area contributed by atoms with E-state index in [-0.39, 0.29) is 16.7 Å². The van der Waals surface area contributed by atoms with Gasteiger partial charge in [0.15, 0.2) is 5.82 Å². The molecule has 12 heteroatoms. The maximum absolute atomic E-state index is 12.4. The molecule has 2 N–H and O–H groups in total. The summed E-state index contributed by atoms with van der Waals surface area (Å²) in [5.74, 6) is 1.07. The number of thioether (sulfide) groups is 1. The predicted molar refractivity (Wildman–Crippen MR) is 110 cm³/mol. The van der Waals surface area contributed by atoms with Gasteiger partial charge in [-0.2, -0.15) is 18.2 Å². The van der Waals surface area contributed by atoms with E-state index in [0.29, 0.717) is 49.4 Å². The van der Waals surface area contributed by atoms with Gasteiger partial charge >= 0.3 is 11.5 Å². The number of carbonyl (C=O) groups excluding carboxylic acids is 1.